The smallest absolute Gasteiger partial charge is 0.295 e. The first-order valence-electron chi connectivity index (χ1n) is 12.3. The van der Waals surface area contributed by atoms with Crippen molar-refractivity contribution in [3.05, 3.63) is 112 Å². The Morgan fingerprint density at radius 3 is 2.33 bits per heavy atom. The average molecular weight is 480 g/mol. The fourth-order valence-electron chi connectivity index (χ4n) is 4.96. The number of aliphatic hydroxyl groups excluding tert-OH is 1. The largest absolute Gasteiger partial charge is 0.505 e. The van der Waals surface area contributed by atoms with Crippen LogP contribution in [0.25, 0.3) is 11.4 Å². The molecule has 3 heterocycles. The predicted molar refractivity (Wildman–Crippen MR) is 140 cm³/mol. The number of fused-ring (bicyclic) bond motifs is 1. The molecule has 1 atom stereocenters. The van der Waals surface area contributed by atoms with Gasteiger partial charge in [-0.1, -0.05) is 67.6 Å². The summed E-state index contributed by atoms with van der Waals surface area (Å²) >= 11 is 0. The zero-order chi connectivity index (χ0) is 25.4. The summed E-state index contributed by atoms with van der Waals surface area (Å²) in [6.07, 6.45) is 3.36. The molecule has 1 amide bonds. The molecule has 0 radical (unpaired) electrons. The van der Waals surface area contributed by atoms with E-state index in [1.165, 1.54) is 0 Å². The number of nitrogens with zero attached hydrogens (tertiary/aromatic N) is 3. The molecule has 0 aliphatic carbocycles. The molecule has 1 aliphatic heterocycles. The van der Waals surface area contributed by atoms with E-state index >= 15 is 0 Å². The van der Waals surface area contributed by atoms with Crippen LogP contribution >= 0.6 is 0 Å². The topological polar surface area (TPSA) is 74.9 Å². The standard InChI is InChI=1S/C30H29N3O3/c1-4-21-12-14-23(15-13-21)26-24(27(34)25-20(3)32-17-8-9-19(2)29(32)31-25)28(35)30(36)33(26)18-16-22-10-6-5-7-11-22/h5-15,17,26,34H,4,16,18H2,1-3H3. The summed E-state index contributed by atoms with van der Waals surface area (Å²) < 4.78 is 1.89. The molecular weight excluding hydrogens is 450 g/mol. The van der Waals surface area contributed by atoms with E-state index in [-0.39, 0.29) is 11.3 Å². The Kier molecular flexibility index (Phi) is 6.18. The van der Waals surface area contributed by atoms with E-state index in [1.54, 1.807) is 4.90 Å². The van der Waals surface area contributed by atoms with Crippen molar-refractivity contribution in [1.29, 1.82) is 0 Å². The molecule has 1 unspecified atom stereocenters. The summed E-state index contributed by atoms with van der Waals surface area (Å²) in [5.74, 6) is -1.52. The monoisotopic (exact) mass is 479 g/mol. The third-order valence-electron chi connectivity index (χ3n) is 7.04. The Morgan fingerprint density at radius 1 is 0.944 bits per heavy atom. The Balaban J connectivity index is 1.64. The van der Waals surface area contributed by atoms with Gasteiger partial charge in [-0.15, -0.1) is 0 Å². The van der Waals surface area contributed by atoms with Gasteiger partial charge in [0.05, 0.1) is 17.3 Å². The van der Waals surface area contributed by atoms with E-state index in [4.69, 9.17) is 0 Å². The molecule has 0 spiro atoms. The van der Waals surface area contributed by atoms with Crippen LogP contribution in [0, 0.1) is 13.8 Å². The minimum Gasteiger partial charge on any atom is -0.505 e. The maximum atomic E-state index is 13.4. The molecule has 6 heteroatoms. The molecule has 5 rings (SSSR count). The number of ketones is 1. The Bertz CT molecular complexity index is 1480. The van der Waals surface area contributed by atoms with E-state index in [1.807, 2.05) is 91.2 Å². The summed E-state index contributed by atoms with van der Waals surface area (Å²) in [7, 11) is 0. The van der Waals surface area contributed by atoms with Crippen molar-refractivity contribution in [2.45, 2.75) is 39.7 Å². The van der Waals surface area contributed by atoms with Crippen molar-refractivity contribution in [2.24, 2.45) is 0 Å². The van der Waals surface area contributed by atoms with E-state index < -0.39 is 17.7 Å². The van der Waals surface area contributed by atoms with Crippen LogP contribution in [-0.4, -0.2) is 37.6 Å². The minimum absolute atomic E-state index is 0.0847. The normalized spacial score (nSPS) is 17.3. The van der Waals surface area contributed by atoms with Crippen molar-refractivity contribution in [2.75, 3.05) is 6.54 Å². The van der Waals surface area contributed by atoms with Crippen molar-refractivity contribution in [3.8, 4) is 0 Å². The number of aryl methyl sites for hydroxylation is 3. The molecule has 1 saturated heterocycles. The molecule has 36 heavy (non-hydrogen) atoms. The molecule has 0 bridgehead atoms. The van der Waals surface area contributed by atoms with Gasteiger partial charge >= 0.3 is 0 Å². The lowest BCUT2D eigenvalue weighted by atomic mass is 9.95. The summed E-state index contributed by atoms with van der Waals surface area (Å²) in [5, 5.41) is 11.5. The molecule has 1 aliphatic rings. The fraction of sp³-hybridized carbons (Fsp3) is 0.233. The van der Waals surface area contributed by atoms with E-state index in [0.29, 0.717) is 30.0 Å². The number of rotatable bonds is 6. The molecule has 2 aromatic heterocycles. The molecule has 0 saturated carbocycles. The van der Waals surface area contributed by atoms with Gasteiger partial charge in [0.2, 0.25) is 0 Å². The SMILES string of the molecule is CCc1ccc(C2C(=C(O)c3nc4c(C)cccn4c3C)C(=O)C(=O)N2CCc2ccccc2)cc1. The van der Waals surface area contributed by atoms with Crippen LogP contribution in [0.3, 0.4) is 0 Å². The predicted octanol–water partition coefficient (Wildman–Crippen LogP) is 5.18. The van der Waals surface area contributed by atoms with Crippen LogP contribution in [-0.2, 0) is 22.4 Å². The average Bonchev–Trinajstić information content (AvgIpc) is 3.37. The Hall–Kier alpha value is -4.19. The van der Waals surface area contributed by atoms with Gasteiger partial charge in [0.1, 0.15) is 11.3 Å². The minimum atomic E-state index is -0.690. The van der Waals surface area contributed by atoms with Crippen molar-refractivity contribution >= 4 is 23.1 Å². The van der Waals surface area contributed by atoms with Gasteiger partial charge in [0.25, 0.3) is 11.7 Å². The van der Waals surface area contributed by atoms with Crippen molar-refractivity contribution in [1.82, 2.24) is 14.3 Å². The number of aromatic nitrogens is 2. The van der Waals surface area contributed by atoms with Gasteiger partial charge in [0, 0.05) is 12.7 Å². The lowest BCUT2D eigenvalue weighted by molar-refractivity contribution is -0.139. The highest BCUT2D eigenvalue weighted by Crippen LogP contribution is 2.40. The lowest BCUT2D eigenvalue weighted by Crippen LogP contribution is -2.31. The van der Waals surface area contributed by atoms with Gasteiger partial charge in [-0.25, -0.2) is 4.98 Å². The number of carbonyl (C=O) groups excluding carboxylic acids is 2. The van der Waals surface area contributed by atoms with Crippen LogP contribution in [0.2, 0.25) is 0 Å². The second-order valence-corrected chi connectivity index (χ2v) is 9.25. The van der Waals surface area contributed by atoms with E-state index in [0.717, 1.165) is 28.7 Å². The van der Waals surface area contributed by atoms with Crippen molar-refractivity contribution < 1.29 is 14.7 Å². The molecule has 182 valence electrons. The number of imidazole rings is 1. The fourth-order valence-corrected chi connectivity index (χ4v) is 4.96. The molecule has 6 nitrogen and oxygen atoms in total. The zero-order valence-electron chi connectivity index (χ0n) is 20.7. The number of hydrogen-bond donors (Lipinski definition) is 1. The number of Topliss-reactive ketones (excluding diaryl/α,β-unsaturated/α-hetero) is 1. The molecular formula is C30H29N3O3. The van der Waals surface area contributed by atoms with Crippen LogP contribution in [0.15, 0.2) is 78.5 Å². The highest BCUT2D eigenvalue weighted by Gasteiger charge is 2.46. The highest BCUT2D eigenvalue weighted by molar-refractivity contribution is 6.46. The number of hydrogen-bond acceptors (Lipinski definition) is 4. The van der Waals surface area contributed by atoms with Gasteiger partial charge in [0.15, 0.2) is 5.76 Å². The Labute approximate surface area is 210 Å². The zero-order valence-corrected chi connectivity index (χ0v) is 20.7. The number of carbonyl (C=O) groups is 2. The quantitative estimate of drug-likeness (QED) is 0.235. The van der Waals surface area contributed by atoms with Crippen LogP contribution in [0.1, 0.15) is 46.6 Å². The second-order valence-electron chi connectivity index (χ2n) is 9.25. The van der Waals surface area contributed by atoms with Gasteiger partial charge in [-0.2, -0.15) is 0 Å². The molecule has 1 N–H and O–H groups in total. The van der Waals surface area contributed by atoms with Gasteiger partial charge in [-0.3, -0.25) is 9.59 Å². The Morgan fingerprint density at radius 2 is 1.67 bits per heavy atom. The second kappa shape index (κ2) is 9.46. The third kappa shape index (κ3) is 3.98. The number of benzene rings is 2. The van der Waals surface area contributed by atoms with E-state index in [9.17, 15) is 14.7 Å². The first-order valence-corrected chi connectivity index (χ1v) is 12.3. The number of pyridine rings is 1. The summed E-state index contributed by atoms with van der Waals surface area (Å²) in [5.41, 5.74) is 5.80. The summed E-state index contributed by atoms with van der Waals surface area (Å²) in [4.78, 5) is 32.9. The molecule has 1 fully saturated rings. The molecule has 4 aromatic rings. The third-order valence-corrected chi connectivity index (χ3v) is 7.04. The highest BCUT2D eigenvalue weighted by atomic mass is 16.3. The summed E-state index contributed by atoms with van der Waals surface area (Å²) in [6.45, 7) is 6.23. The lowest BCUT2D eigenvalue weighted by Gasteiger charge is -2.25. The van der Waals surface area contributed by atoms with Crippen LogP contribution < -0.4 is 0 Å². The number of likely N-dealkylation sites (tertiary alicyclic amines) is 1. The van der Waals surface area contributed by atoms with Crippen LogP contribution in [0.5, 0.6) is 0 Å². The summed E-state index contributed by atoms with van der Waals surface area (Å²) in [6, 6.07) is 20.9. The van der Waals surface area contributed by atoms with Crippen molar-refractivity contribution in [3.63, 3.8) is 0 Å². The number of aliphatic hydroxyl groups is 1. The van der Waals surface area contributed by atoms with E-state index in [2.05, 4.69) is 11.9 Å². The maximum Gasteiger partial charge on any atom is 0.295 e. The maximum absolute atomic E-state index is 13.4. The van der Waals surface area contributed by atoms with Crippen LogP contribution in [0.4, 0.5) is 0 Å². The van der Waals surface area contributed by atoms with Gasteiger partial charge in [-0.05, 0) is 55.0 Å². The number of amides is 1. The van der Waals surface area contributed by atoms with Gasteiger partial charge < -0.3 is 14.4 Å². The molecule has 2 aromatic carbocycles. The first kappa shape index (κ1) is 23.5. The first-order chi connectivity index (χ1) is 17.4.